The van der Waals surface area contributed by atoms with Gasteiger partial charge in [-0.3, -0.25) is 0 Å². The molecule has 3 nitrogen and oxygen atoms in total. The lowest BCUT2D eigenvalue weighted by atomic mass is 9.81. The summed E-state index contributed by atoms with van der Waals surface area (Å²) in [7, 11) is 0. The van der Waals surface area contributed by atoms with Gasteiger partial charge in [0.2, 0.25) is 0 Å². The molecule has 0 amide bonds. The average Bonchev–Trinajstić information content (AvgIpc) is 2.99. The number of nitrogens with two attached hydrogens (primary N) is 1. The van der Waals surface area contributed by atoms with Crippen molar-refractivity contribution in [3.05, 3.63) is 39.1 Å². The summed E-state index contributed by atoms with van der Waals surface area (Å²) < 4.78 is 6.55. The Bertz CT molecular complexity index is 576. The SMILES string of the molecule is NCC1(c2nc(-c3ccc(Br)cc3)cs2)CCOCC1. The lowest BCUT2D eigenvalue weighted by Gasteiger charge is -2.34. The van der Waals surface area contributed by atoms with Crippen molar-refractivity contribution in [1.82, 2.24) is 4.98 Å². The molecule has 3 rings (SSSR count). The summed E-state index contributed by atoms with van der Waals surface area (Å²) in [4.78, 5) is 4.84. The third-order valence-corrected chi connectivity index (χ3v) is 5.56. The number of halogens is 1. The number of nitrogens with zero attached hydrogens (tertiary/aromatic N) is 1. The fourth-order valence-corrected chi connectivity index (χ4v) is 3.90. The molecule has 0 spiro atoms. The summed E-state index contributed by atoms with van der Waals surface area (Å²) in [5, 5.41) is 3.28. The summed E-state index contributed by atoms with van der Waals surface area (Å²) in [5.41, 5.74) is 8.24. The minimum absolute atomic E-state index is 0.0104. The molecule has 1 aliphatic rings. The number of hydrogen-bond donors (Lipinski definition) is 1. The number of ether oxygens (including phenoxy) is 1. The summed E-state index contributed by atoms with van der Waals surface area (Å²) in [6, 6.07) is 8.26. The van der Waals surface area contributed by atoms with Crippen LogP contribution in [0.15, 0.2) is 34.1 Å². The Labute approximate surface area is 131 Å². The van der Waals surface area contributed by atoms with Gasteiger partial charge in [0.05, 0.1) is 5.69 Å². The fourth-order valence-electron chi connectivity index (χ4n) is 2.54. The Kier molecular flexibility index (Phi) is 4.21. The van der Waals surface area contributed by atoms with Crippen LogP contribution in [-0.2, 0) is 10.2 Å². The van der Waals surface area contributed by atoms with Gasteiger partial charge in [-0.05, 0) is 25.0 Å². The largest absolute Gasteiger partial charge is 0.381 e. The highest BCUT2D eigenvalue weighted by Crippen LogP contribution is 2.37. The Balaban J connectivity index is 1.91. The van der Waals surface area contributed by atoms with Gasteiger partial charge in [-0.15, -0.1) is 11.3 Å². The van der Waals surface area contributed by atoms with E-state index in [1.165, 1.54) is 0 Å². The molecule has 0 aliphatic carbocycles. The summed E-state index contributed by atoms with van der Waals surface area (Å²) in [6.45, 7) is 2.21. The van der Waals surface area contributed by atoms with Crippen molar-refractivity contribution in [2.45, 2.75) is 18.3 Å². The van der Waals surface area contributed by atoms with Gasteiger partial charge in [-0.1, -0.05) is 28.1 Å². The lowest BCUT2D eigenvalue weighted by molar-refractivity contribution is 0.0529. The first-order chi connectivity index (χ1) is 9.73. The molecule has 0 bridgehead atoms. The van der Waals surface area contributed by atoms with Crippen LogP contribution in [0.5, 0.6) is 0 Å². The van der Waals surface area contributed by atoms with Crippen LogP contribution in [0, 0.1) is 0 Å². The van der Waals surface area contributed by atoms with Crippen molar-refractivity contribution in [1.29, 1.82) is 0 Å². The van der Waals surface area contributed by atoms with Crippen molar-refractivity contribution in [2.24, 2.45) is 5.73 Å². The number of thiazole rings is 1. The smallest absolute Gasteiger partial charge is 0.101 e. The number of aromatic nitrogens is 1. The Morgan fingerprint density at radius 2 is 1.95 bits per heavy atom. The minimum atomic E-state index is 0.0104. The first kappa shape index (κ1) is 14.2. The zero-order valence-corrected chi connectivity index (χ0v) is 13.5. The molecule has 1 aromatic carbocycles. The maximum absolute atomic E-state index is 6.04. The molecule has 1 fully saturated rings. The van der Waals surface area contributed by atoms with E-state index >= 15 is 0 Å². The Hall–Kier alpha value is -0.750. The van der Waals surface area contributed by atoms with Gasteiger partial charge in [0.25, 0.3) is 0 Å². The van der Waals surface area contributed by atoms with Gasteiger partial charge in [0.15, 0.2) is 0 Å². The second-order valence-corrected chi connectivity index (χ2v) is 6.92. The van der Waals surface area contributed by atoms with Gasteiger partial charge in [-0.2, -0.15) is 0 Å². The van der Waals surface area contributed by atoms with Gasteiger partial charge in [-0.25, -0.2) is 4.98 Å². The van der Waals surface area contributed by atoms with E-state index in [2.05, 4.69) is 33.4 Å². The molecular weight excluding hydrogens is 336 g/mol. The second-order valence-electron chi connectivity index (χ2n) is 5.14. The first-order valence-corrected chi connectivity index (χ1v) is 8.40. The van der Waals surface area contributed by atoms with Gasteiger partial charge >= 0.3 is 0 Å². The second kappa shape index (κ2) is 5.93. The standard InChI is InChI=1S/C15H17BrN2OS/c16-12-3-1-11(2-4-12)13-9-20-14(18-13)15(10-17)5-7-19-8-6-15/h1-4,9H,5-8,10,17H2. The van der Waals surface area contributed by atoms with Crippen LogP contribution in [0.4, 0.5) is 0 Å². The maximum Gasteiger partial charge on any atom is 0.101 e. The molecule has 106 valence electrons. The van der Waals surface area contributed by atoms with Gasteiger partial charge < -0.3 is 10.5 Å². The van der Waals surface area contributed by atoms with E-state index in [1.54, 1.807) is 11.3 Å². The van der Waals surface area contributed by atoms with Crippen LogP contribution in [0.1, 0.15) is 17.8 Å². The molecule has 1 saturated heterocycles. The normalized spacial score (nSPS) is 18.1. The quantitative estimate of drug-likeness (QED) is 0.918. The van der Waals surface area contributed by atoms with Crippen molar-refractivity contribution in [3.63, 3.8) is 0 Å². The van der Waals surface area contributed by atoms with E-state index in [0.29, 0.717) is 6.54 Å². The molecule has 1 aliphatic heterocycles. The summed E-state index contributed by atoms with van der Waals surface area (Å²) in [5.74, 6) is 0. The molecule has 0 radical (unpaired) electrons. The molecule has 1 aromatic heterocycles. The van der Waals surface area contributed by atoms with Crippen LogP contribution in [0.3, 0.4) is 0 Å². The average molecular weight is 353 g/mol. The molecular formula is C15H17BrN2OS. The molecule has 2 heterocycles. The highest BCUT2D eigenvalue weighted by atomic mass is 79.9. The number of rotatable bonds is 3. The van der Waals surface area contributed by atoms with Crippen molar-refractivity contribution in [3.8, 4) is 11.3 Å². The fraction of sp³-hybridized carbons (Fsp3) is 0.400. The lowest BCUT2D eigenvalue weighted by Crippen LogP contribution is -2.40. The molecule has 20 heavy (non-hydrogen) atoms. The van der Waals surface area contributed by atoms with Crippen LogP contribution in [0.2, 0.25) is 0 Å². The highest BCUT2D eigenvalue weighted by Gasteiger charge is 2.35. The Morgan fingerprint density at radius 1 is 1.25 bits per heavy atom. The molecule has 5 heteroatoms. The van der Waals surface area contributed by atoms with E-state index in [0.717, 1.165) is 46.8 Å². The van der Waals surface area contributed by atoms with Crippen molar-refractivity contribution in [2.75, 3.05) is 19.8 Å². The predicted octanol–water partition coefficient (Wildman–Crippen LogP) is 3.58. The third-order valence-electron chi connectivity index (χ3n) is 3.94. The molecule has 0 unspecified atom stereocenters. The molecule has 0 atom stereocenters. The zero-order chi connectivity index (χ0) is 14.0. The molecule has 2 aromatic rings. The van der Waals surface area contributed by atoms with Crippen molar-refractivity contribution >= 4 is 27.3 Å². The predicted molar refractivity (Wildman–Crippen MR) is 86.0 cm³/mol. The zero-order valence-electron chi connectivity index (χ0n) is 11.1. The molecule has 2 N–H and O–H groups in total. The minimum Gasteiger partial charge on any atom is -0.381 e. The Morgan fingerprint density at radius 3 is 2.60 bits per heavy atom. The van der Waals surface area contributed by atoms with E-state index in [4.69, 9.17) is 15.5 Å². The van der Waals surface area contributed by atoms with Crippen LogP contribution in [-0.4, -0.2) is 24.7 Å². The first-order valence-electron chi connectivity index (χ1n) is 6.73. The number of benzene rings is 1. The van der Waals surface area contributed by atoms with Gasteiger partial charge in [0, 0.05) is 40.6 Å². The molecule has 0 saturated carbocycles. The summed E-state index contributed by atoms with van der Waals surface area (Å²) >= 11 is 5.18. The van der Waals surface area contributed by atoms with Crippen LogP contribution >= 0.6 is 27.3 Å². The van der Waals surface area contributed by atoms with E-state index in [1.807, 2.05) is 12.1 Å². The van der Waals surface area contributed by atoms with E-state index in [-0.39, 0.29) is 5.41 Å². The number of hydrogen-bond acceptors (Lipinski definition) is 4. The monoisotopic (exact) mass is 352 g/mol. The van der Waals surface area contributed by atoms with Crippen molar-refractivity contribution < 1.29 is 4.74 Å². The topological polar surface area (TPSA) is 48.1 Å². The van der Waals surface area contributed by atoms with Gasteiger partial charge in [0.1, 0.15) is 5.01 Å². The maximum atomic E-state index is 6.04. The van der Waals surface area contributed by atoms with E-state index < -0.39 is 0 Å². The highest BCUT2D eigenvalue weighted by molar-refractivity contribution is 9.10. The third kappa shape index (κ3) is 2.68. The van der Waals surface area contributed by atoms with E-state index in [9.17, 15) is 0 Å². The van der Waals surface area contributed by atoms with Crippen LogP contribution in [0.25, 0.3) is 11.3 Å². The van der Waals surface area contributed by atoms with Crippen LogP contribution < -0.4 is 5.73 Å². The summed E-state index contributed by atoms with van der Waals surface area (Å²) in [6.07, 6.45) is 1.94.